The van der Waals surface area contributed by atoms with Gasteiger partial charge in [0.1, 0.15) is 10.8 Å². The summed E-state index contributed by atoms with van der Waals surface area (Å²) in [5.41, 5.74) is 2.45. The largest absolute Gasteiger partial charge is 0.493 e. The van der Waals surface area contributed by atoms with Gasteiger partial charge in [-0.2, -0.15) is 0 Å². The van der Waals surface area contributed by atoms with Crippen molar-refractivity contribution < 1.29 is 4.74 Å². The zero-order valence-corrected chi connectivity index (χ0v) is 13.5. The van der Waals surface area contributed by atoms with Crippen LogP contribution >= 0.6 is 11.3 Å². The molecule has 0 saturated carbocycles. The van der Waals surface area contributed by atoms with E-state index >= 15 is 0 Å². The summed E-state index contributed by atoms with van der Waals surface area (Å²) in [7, 11) is 0. The van der Waals surface area contributed by atoms with E-state index in [1.807, 2.05) is 17.4 Å². The number of hydrogen-bond donors (Lipinski definition) is 1. The van der Waals surface area contributed by atoms with Crippen LogP contribution in [0.25, 0.3) is 0 Å². The first-order valence-corrected chi connectivity index (χ1v) is 8.50. The Morgan fingerprint density at radius 1 is 1.38 bits per heavy atom. The first-order valence-electron chi connectivity index (χ1n) is 7.68. The predicted octanol–water partition coefficient (Wildman–Crippen LogP) is 3.87. The van der Waals surface area contributed by atoms with Gasteiger partial charge in [-0.3, -0.25) is 0 Å². The first-order chi connectivity index (χ1) is 10.3. The highest BCUT2D eigenvalue weighted by molar-refractivity contribution is 7.11. The number of thiazole rings is 1. The molecule has 112 valence electrons. The number of para-hydroxylation sites is 1. The Balaban J connectivity index is 1.83. The molecule has 0 saturated heterocycles. The van der Waals surface area contributed by atoms with Crippen molar-refractivity contribution in [2.75, 3.05) is 13.2 Å². The number of aryl methyl sites for hydroxylation is 1. The summed E-state index contributed by atoms with van der Waals surface area (Å²) < 4.78 is 5.76. The molecule has 1 aliphatic rings. The Bertz CT molecular complexity index is 609. The van der Waals surface area contributed by atoms with Crippen LogP contribution in [-0.2, 0) is 6.54 Å². The number of ether oxygens (including phenoxy) is 1. The molecule has 1 unspecified atom stereocenters. The van der Waals surface area contributed by atoms with Crippen molar-refractivity contribution in [3.05, 3.63) is 45.4 Å². The summed E-state index contributed by atoms with van der Waals surface area (Å²) in [5, 5.41) is 4.71. The molecule has 1 aliphatic heterocycles. The van der Waals surface area contributed by atoms with Crippen LogP contribution in [0, 0.1) is 6.92 Å². The van der Waals surface area contributed by atoms with Crippen molar-refractivity contribution in [3.63, 3.8) is 0 Å². The van der Waals surface area contributed by atoms with Crippen LogP contribution in [0.15, 0.2) is 24.3 Å². The minimum atomic E-state index is 0.388. The summed E-state index contributed by atoms with van der Waals surface area (Å²) in [5.74, 6) is 1.41. The average molecular weight is 302 g/mol. The lowest BCUT2D eigenvalue weighted by atomic mass is 9.94. The fourth-order valence-electron chi connectivity index (χ4n) is 2.74. The number of nitrogens with one attached hydrogen (secondary N) is 1. The molecule has 1 aromatic carbocycles. The fraction of sp³-hybridized carbons (Fsp3) is 0.471. The van der Waals surface area contributed by atoms with Crippen molar-refractivity contribution in [2.24, 2.45) is 0 Å². The average Bonchev–Trinajstić information content (AvgIpc) is 2.88. The van der Waals surface area contributed by atoms with Crippen molar-refractivity contribution in [3.8, 4) is 5.75 Å². The van der Waals surface area contributed by atoms with Crippen LogP contribution in [0.3, 0.4) is 0 Å². The molecule has 4 heteroatoms. The zero-order valence-electron chi connectivity index (χ0n) is 12.7. The summed E-state index contributed by atoms with van der Waals surface area (Å²) in [6.07, 6.45) is 2.18. The Morgan fingerprint density at radius 3 is 3.10 bits per heavy atom. The number of aromatic nitrogens is 1. The topological polar surface area (TPSA) is 34.1 Å². The lowest BCUT2D eigenvalue weighted by molar-refractivity contribution is 0.277. The van der Waals surface area contributed by atoms with Crippen molar-refractivity contribution in [1.82, 2.24) is 10.3 Å². The molecule has 0 amide bonds. The SMILES string of the molecule is CCCNCc1sc(C2CCOc3ccccc32)nc1C. The normalized spacial score (nSPS) is 17.3. The van der Waals surface area contributed by atoms with Crippen LogP contribution in [0.2, 0.25) is 0 Å². The Hall–Kier alpha value is -1.39. The third-order valence-electron chi connectivity index (χ3n) is 3.88. The summed E-state index contributed by atoms with van der Waals surface area (Å²) in [4.78, 5) is 6.20. The molecule has 0 spiro atoms. The van der Waals surface area contributed by atoms with Gasteiger partial charge in [0.05, 0.1) is 12.3 Å². The van der Waals surface area contributed by atoms with E-state index in [-0.39, 0.29) is 0 Å². The Morgan fingerprint density at radius 2 is 2.24 bits per heavy atom. The zero-order chi connectivity index (χ0) is 14.7. The third-order valence-corrected chi connectivity index (χ3v) is 5.15. The number of hydrogen-bond acceptors (Lipinski definition) is 4. The standard InChI is InChI=1S/C17H22N2OS/c1-3-9-18-11-16-12(2)19-17(21-16)14-8-10-20-15-7-5-4-6-13(14)15/h4-7,14,18H,3,8-11H2,1-2H3. The van der Waals surface area contributed by atoms with Gasteiger partial charge < -0.3 is 10.1 Å². The predicted molar refractivity (Wildman–Crippen MR) is 87.2 cm³/mol. The smallest absolute Gasteiger partial charge is 0.123 e. The second-order valence-corrected chi connectivity index (χ2v) is 6.58. The molecule has 3 rings (SSSR count). The third kappa shape index (κ3) is 3.11. The number of nitrogens with zero attached hydrogens (tertiary/aromatic N) is 1. The van der Waals surface area contributed by atoms with E-state index in [0.29, 0.717) is 5.92 Å². The molecule has 0 fully saturated rings. The first kappa shape index (κ1) is 14.5. The number of rotatable bonds is 5. The molecule has 0 aliphatic carbocycles. The highest BCUT2D eigenvalue weighted by Gasteiger charge is 2.25. The van der Waals surface area contributed by atoms with E-state index in [2.05, 4.69) is 37.4 Å². The minimum absolute atomic E-state index is 0.388. The molecule has 1 N–H and O–H groups in total. The molecule has 2 aromatic rings. The highest BCUT2D eigenvalue weighted by Crippen LogP contribution is 2.39. The summed E-state index contributed by atoms with van der Waals surface area (Å²) in [6.45, 7) is 7.09. The molecule has 1 aromatic heterocycles. The van der Waals surface area contributed by atoms with Gasteiger partial charge in [0, 0.05) is 22.9 Å². The molecule has 0 bridgehead atoms. The van der Waals surface area contributed by atoms with Gasteiger partial charge in [-0.25, -0.2) is 4.98 Å². The maximum absolute atomic E-state index is 5.76. The molecule has 21 heavy (non-hydrogen) atoms. The number of fused-ring (bicyclic) bond motifs is 1. The lowest BCUT2D eigenvalue weighted by Crippen LogP contribution is -2.14. The quantitative estimate of drug-likeness (QED) is 0.852. The number of benzene rings is 1. The molecular weight excluding hydrogens is 280 g/mol. The van der Waals surface area contributed by atoms with E-state index in [1.165, 1.54) is 21.1 Å². The van der Waals surface area contributed by atoms with Crippen LogP contribution in [-0.4, -0.2) is 18.1 Å². The van der Waals surface area contributed by atoms with Gasteiger partial charge in [-0.15, -0.1) is 11.3 Å². The monoisotopic (exact) mass is 302 g/mol. The Labute approximate surface area is 130 Å². The van der Waals surface area contributed by atoms with Gasteiger partial charge in [0.15, 0.2) is 0 Å². The molecular formula is C17H22N2OS. The van der Waals surface area contributed by atoms with Gasteiger partial charge >= 0.3 is 0 Å². The van der Waals surface area contributed by atoms with Gasteiger partial charge in [-0.05, 0) is 32.4 Å². The van der Waals surface area contributed by atoms with E-state index in [1.54, 1.807) is 0 Å². The van der Waals surface area contributed by atoms with E-state index in [9.17, 15) is 0 Å². The van der Waals surface area contributed by atoms with Crippen LogP contribution in [0.1, 0.15) is 46.8 Å². The molecule has 0 radical (unpaired) electrons. The lowest BCUT2D eigenvalue weighted by Gasteiger charge is -2.24. The van der Waals surface area contributed by atoms with E-state index in [0.717, 1.165) is 38.3 Å². The van der Waals surface area contributed by atoms with E-state index < -0.39 is 0 Å². The van der Waals surface area contributed by atoms with Gasteiger partial charge in [0.2, 0.25) is 0 Å². The second kappa shape index (κ2) is 6.58. The molecule has 2 heterocycles. The minimum Gasteiger partial charge on any atom is -0.493 e. The highest BCUT2D eigenvalue weighted by atomic mass is 32.1. The molecule has 1 atom stereocenters. The van der Waals surface area contributed by atoms with Crippen LogP contribution in [0.5, 0.6) is 5.75 Å². The van der Waals surface area contributed by atoms with Crippen molar-refractivity contribution in [1.29, 1.82) is 0 Å². The fourth-order valence-corrected chi connectivity index (χ4v) is 3.93. The summed E-state index contributed by atoms with van der Waals surface area (Å²) in [6, 6.07) is 8.36. The maximum atomic E-state index is 5.76. The van der Waals surface area contributed by atoms with Crippen molar-refractivity contribution >= 4 is 11.3 Å². The molecule has 3 nitrogen and oxygen atoms in total. The van der Waals surface area contributed by atoms with Crippen molar-refractivity contribution in [2.45, 2.75) is 39.2 Å². The van der Waals surface area contributed by atoms with Gasteiger partial charge in [-0.1, -0.05) is 25.1 Å². The van der Waals surface area contributed by atoms with Crippen LogP contribution in [0.4, 0.5) is 0 Å². The maximum Gasteiger partial charge on any atom is 0.123 e. The second-order valence-electron chi connectivity index (χ2n) is 5.47. The van der Waals surface area contributed by atoms with E-state index in [4.69, 9.17) is 9.72 Å². The Kier molecular flexibility index (Phi) is 4.56. The van der Waals surface area contributed by atoms with Gasteiger partial charge in [0.25, 0.3) is 0 Å². The van der Waals surface area contributed by atoms with Crippen LogP contribution < -0.4 is 10.1 Å². The summed E-state index contributed by atoms with van der Waals surface area (Å²) >= 11 is 1.85.